The Hall–Kier alpha value is -2.92. The Morgan fingerprint density at radius 3 is 2.16 bits per heavy atom. The quantitative estimate of drug-likeness (QED) is 0.680. The summed E-state index contributed by atoms with van der Waals surface area (Å²) in [4.78, 5) is 24.9. The van der Waals surface area contributed by atoms with E-state index in [1.54, 1.807) is 6.33 Å². The molecule has 2 saturated heterocycles. The van der Waals surface area contributed by atoms with Crippen molar-refractivity contribution in [1.82, 2.24) is 14.3 Å². The van der Waals surface area contributed by atoms with Crippen LogP contribution in [0.25, 0.3) is 0 Å². The Bertz CT molecular complexity index is 1080. The first kappa shape index (κ1) is 22.3. The summed E-state index contributed by atoms with van der Waals surface area (Å²) in [6.07, 6.45) is 5.16. The number of rotatable bonds is 6. The highest BCUT2D eigenvalue weighted by Crippen LogP contribution is 2.26. The molecular weight excluding hydrogens is 432 g/mol. The molecule has 0 aliphatic carbocycles. The Labute approximate surface area is 188 Å². The molecule has 2 aliphatic rings. The first-order valence-electron chi connectivity index (χ1n) is 10.7. The summed E-state index contributed by atoms with van der Waals surface area (Å²) in [5.74, 6) is 1.23. The van der Waals surface area contributed by atoms with Gasteiger partial charge in [-0.25, -0.2) is 18.4 Å². The second kappa shape index (κ2) is 9.29. The molecule has 10 nitrogen and oxygen atoms in total. The molecule has 2 aliphatic heterocycles. The van der Waals surface area contributed by atoms with Gasteiger partial charge in [-0.15, -0.1) is 0 Å². The lowest BCUT2D eigenvalue weighted by molar-refractivity contribution is 0.0997. The van der Waals surface area contributed by atoms with Crippen LogP contribution >= 0.6 is 0 Å². The fourth-order valence-electron chi connectivity index (χ4n) is 4.15. The van der Waals surface area contributed by atoms with E-state index in [4.69, 9.17) is 10.5 Å². The van der Waals surface area contributed by atoms with Gasteiger partial charge in [-0.3, -0.25) is 4.79 Å². The van der Waals surface area contributed by atoms with Crippen LogP contribution in [0.1, 0.15) is 29.6 Å². The van der Waals surface area contributed by atoms with Crippen LogP contribution < -0.4 is 20.3 Å². The maximum absolute atomic E-state index is 13.1. The van der Waals surface area contributed by atoms with Crippen LogP contribution in [-0.4, -0.2) is 75.0 Å². The van der Waals surface area contributed by atoms with Crippen molar-refractivity contribution in [2.45, 2.75) is 24.2 Å². The van der Waals surface area contributed by atoms with Crippen molar-refractivity contribution < 1.29 is 17.9 Å². The Morgan fingerprint density at radius 1 is 0.938 bits per heavy atom. The van der Waals surface area contributed by atoms with E-state index in [1.165, 1.54) is 48.9 Å². The molecular formula is C21H28N6O4S. The van der Waals surface area contributed by atoms with E-state index in [2.05, 4.69) is 19.8 Å². The number of anilines is 2. The van der Waals surface area contributed by atoms with Gasteiger partial charge in [0.1, 0.15) is 23.7 Å². The number of nitrogens with two attached hydrogens (primary N) is 1. The number of sulfonamides is 1. The number of carbonyl (C=O) groups is 1. The summed E-state index contributed by atoms with van der Waals surface area (Å²) in [5, 5.41) is 0. The first-order chi connectivity index (χ1) is 15.4. The molecule has 2 N–H and O–H groups in total. The number of piperazine rings is 1. The second-order valence-electron chi connectivity index (χ2n) is 7.90. The number of benzene rings is 1. The maximum atomic E-state index is 13.1. The molecule has 0 unspecified atom stereocenters. The molecule has 0 radical (unpaired) electrons. The minimum absolute atomic E-state index is 0.0231. The van der Waals surface area contributed by atoms with Crippen LogP contribution in [0.2, 0.25) is 0 Å². The van der Waals surface area contributed by atoms with E-state index >= 15 is 0 Å². The summed E-state index contributed by atoms with van der Waals surface area (Å²) >= 11 is 0. The van der Waals surface area contributed by atoms with Crippen molar-refractivity contribution in [3.63, 3.8) is 0 Å². The summed E-state index contributed by atoms with van der Waals surface area (Å²) in [6.45, 7) is 3.63. The molecule has 4 rings (SSSR count). The van der Waals surface area contributed by atoms with Gasteiger partial charge in [-0.2, -0.15) is 4.31 Å². The number of hydrogen-bond acceptors (Lipinski definition) is 8. The summed E-state index contributed by atoms with van der Waals surface area (Å²) in [7, 11) is -2.37. The third kappa shape index (κ3) is 4.49. The van der Waals surface area contributed by atoms with Crippen LogP contribution in [0.4, 0.5) is 11.6 Å². The molecule has 0 bridgehead atoms. The normalized spacial score (nSPS) is 17.9. The van der Waals surface area contributed by atoms with Gasteiger partial charge < -0.3 is 20.3 Å². The number of amides is 1. The fraction of sp³-hybridized carbons (Fsp3) is 0.476. The molecule has 0 saturated carbocycles. The molecule has 1 aromatic carbocycles. The van der Waals surface area contributed by atoms with Gasteiger partial charge in [0.2, 0.25) is 10.0 Å². The molecule has 32 heavy (non-hydrogen) atoms. The van der Waals surface area contributed by atoms with Crippen molar-refractivity contribution in [3.8, 4) is 5.75 Å². The average molecular weight is 461 g/mol. The highest BCUT2D eigenvalue weighted by atomic mass is 32.2. The number of piperidine rings is 1. The molecule has 11 heteroatoms. The maximum Gasteiger partial charge on any atom is 0.252 e. The third-order valence-electron chi connectivity index (χ3n) is 5.96. The Balaban J connectivity index is 1.47. The molecule has 2 aromatic rings. The minimum atomic E-state index is -3.77. The lowest BCUT2D eigenvalue weighted by Gasteiger charge is -2.35. The van der Waals surface area contributed by atoms with Crippen LogP contribution in [-0.2, 0) is 10.0 Å². The third-order valence-corrected chi connectivity index (χ3v) is 7.85. The predicted octanol–water partition coefficient (Wildman–Crippen LogP) is 1.09. The standard InChI is InChI=1S/C21H28N6O4S/c1-31-18-6-5-16(13-17(18)21(22)28)32(29,30)27-11-9-26(10-12-27)20-14-19(23-15-24-20)25-7-3-2-4-8-25/h5-6,13-15H,2-4,7-12H2,1H3,(H2,22,28). The summed E-state index contributed by atoms with van der Waals surface area (Å²) in [6, 6.07) is 6.14. The smallest absolute Gasteiger partial charge is 0.252 e. The SMILES string of the molecule is COc1ccc(S(=O)(=O)N2CCN(c3cc(N4CCCCC4)ncn3)CC2)cc1C(N)=O. The van der Waals surface area contributed by atoms with E-state index in [0.29, 0.717) is 26.2 Å². The van der Waals surface area contributed by atoms with Gasteiger partial charge in [0.25, 0.3) is 5.91 Å². The zero-order chi connectivity index (χ0) is 22.7. The first-order valence-corrected chi connectivity index (χ1v) is 12.1. The Kier molecular flexibility index (Phi) is 6.47. The van der Waals surface area contributed by atoms with Gasteiger partial charge in [-0.05, 0) is 37.5 Å². The van der Waals surface area contributed by atoms with Crippen LogP contribution in [0.15, 0.2) is 35.5 Å². The number of ether oxygens (including phenoxy) is 1. The topological polar surface area (TPSA) is 122 Å². The molecule has 1 amide bonds. The molecule has 0 atom stereocenters. The van der Waals surface area contributed by atoms with Gasteiger partial charge >= 0.3 is 0 Å². The number of aromatic nitrogens is 2. The van der Waals surface area contributed by atoms with Gasteiger partial charge in [0.05, 0.1) is 17.6 Å². The zero-order valence-corrected chi connectivity index (χ0v) is 18.9. The highest BCUT2D eigenvalue weighted by Gasteiger charge is 2.30. The van der Waals surface area contributed by atoms with Gasteiger partial charge in [0.15, 0.2) is 0 Å². The van der Waals surface area contributed by atoms with E-state index in [1.807, 2.05) is 6.07 Å². The number of methoxy groups -OCH3 is 1. The van der Waals surface area contributed by atoms with E-state index in [-0.39, 0.29) is 16.2 Å². The molecule has 0 spiro atoms. The predicted molar refractivity (Wildman–Crippen MR) is 121 cm³/mol. The zero-order valence-electron chi connectivity index (χ0n) is 18.1. The summed E-state index contributed by atoms with van der Waals surface area (Å²) in [5.41, 5.74) is 5.42. The molecule has 172 valence electrons. The number of hydrogen-bond donors (Lipinski definition) is 1. The summed E-state index contributed by atoms with van der Waals surface area (Å²) < 4.78 is 32.8. The largest absolute Gasteiger partial charge is 0.496 e. The minimum Gasteiger partial charge on any atom is -0.496 e. The Morgan fingerprint density at radius 2 is 1.56 bits per heavy atom. The lowest BCUT2D eigenvalue weighted by Crippen LogP contribution is -2.49. The molecule has 3 heterocycles. The molecule has 2 fully saturated rings. The molecule has 1 aromatic heterocycles. The van der Waals surface area contributed by atoms with Gasteiger partial charge in [-0.1, -0.05) is 0 Å². The van der Waals surface area contributed by atoms with Crippen molar-refractivity contribution in [2.24, 2.45) is 5.73 Å². The van der Waals surface area contributed by atoms with Crippen LogP contribution in [0.3, 0.4) is 0 Å². The average Bonchev–Trinajstić information content (AvgIpc) is 2.84. The number of nitrogens with zero attached hydrogens (tertiary/aromatic N) is 5. The van der Waals surface area contributed by atoms with Crippen LogP contribution in [0, 0.1) is 0 Å². The van der Waals surface area contributed by atoms with Crippen molar-refractivity contribution in [1.29, 1.82) is 0 Å². The highest BCUT2D eigenvalue weighted by molar-refractivity contribution is 7.89. The number of primary amides is 1. The number of carbonyl (C=O) groups excluding carboxylic acids is 1. The van der Waals surface area contributed by atoms with Gasteiger partial charge in [0, 0.05) is 45.3 Å². The van der Waals surface area contributed by atoms with E-state index in [9.17, 15) is 13.2 Å². The van der Waals surface area contributed by atoms with Crippen molar-refractivity contribution in [3.05, 3.63) is 36.2 Å². The second-order valence-corrected chi connectivity index (χ2v) is 9.84. The lowest BCUT2D eigenvalue weighted by atomic mass is 10.1. The van der Waals surface area contributed by atoms with Crippen molar-refractivity contribution in [2.75, 3.05) is 56.2 Å². The van der Waals surface area contributed by atoms with Crippen molar-refractivity contribution >= 4 is 27.6 Å². The van der Waals surface area contributed by atoms with E-state index < -0.39 is 15.9 Å². The fourth-order valence-corrected chi connectivity index (χ4v) is 5.60. The van der Waals surface area contributed by atoms with E-state index in [0.717, 1.165) is 24.7 Å². The van der Waals surface area contributed by atoms with Crippen LogP contribution in [0.5, 0.6) is 5.75 Å². The monoisotopic (exact) mass is 460 g/mol.